The number of ether oxygens (including phenoxy) is 1. The first-order valence-electron chi connectivity index (χ1n) is 3.94. The summed E-state index contributed by atoms with van der Waals surface area (Å²) in [7, 11) is 0. The lowest BCUT2D eigenvalue weighted by molar-refractivity contribution is -0.130. The summed E-state index contributed by atoms with van der Waals surface area (Å²) >= 11 is 0. The first-order valence-corrected chi connectivity index (χ1v) is 3.94. The Bertz CT molecular complexity index is 176. The van der Waals surface area contributed by atoms with Gasteiger partial charge in [-0.15, -0.1) is 0 Å². The maximum Gasteiger partial charge on any atom is 0.246 e. The first kappa shape index (κ1) is 9.19. The summed E-state index contributed by atoms with van der Waals surface area (Å²) < 4.78 is 16.7. The van der Waals surface area contributed by atoms with Crippen molar-refractivity contribution >= 4 is 5.91 Å². The van der Waals surface area contributed by atoms with Crippen molar-refractivity contribution in [2.45, 2.75) is 0 Å². The molecule has 68 valence electrons. The van der Waals surface area contributed by atoms with E-state index >= 15 is 0 Å². The number of morpholine rings is 1. The van der Waals surface area contributed by atoms with Gasteiger partial charge < -0.3 is 9.64 Å². The van der Waals surface area contributed by atoms with Crippen molar-refractivity contribution in [3.63, 3.8) is 0 Å². The molecular formula is C8H12FNO2. The Morgan fingerprint density at radius 2 is 2.17 bits per heavy atom. The fraction of sp³-hybridized carbons (Fsp3) is 0.625. The van der Waals surface area contributed by atoms with Crippen LogP contribution in [0, 0.1) is 0 Å². The van der Waals surface area contributed by atoms with E-state index in [1.165, 1.54) is 12.2 Å². The first-order chi connectivity index (χ1) is 5.84. The molecule has 12 heavy (non-hydrogen) atoms. The van der Waals surface area contributed by atoms with E-state index in [1.54, 1.807) is 4.90 Å². The third-order valence-electron chi connectivity index (χ3n) is 1.67. The fourth-order valence-electron chi connectivity index (χ4n) is 1.03. The number of carbonyl (C=O) groups excluding carboxylic acids is 1. The normalized spacial score (nSPS) is 18.6. The van der Waals surface area contributed by atoms with Gasteiger partial charge in [0.15, 0.2) is 0 Å². The highest BCUT2D eigenvalue weighted by atomic mass is 19.1. The molecule has 1 aliphatic heterocycles. The highest BCUT2D eigenvalue weighted by Gasteiger charge is 2.13. The molecule has 1 heterocycles. The number of halogens is 1. The minimum absolute atomic E-state index is 0.129. The van der Waals surface area contributed by atoms with Gasteiger partial charge in [0.2, 0.25) is 5.91 Å². The van der Waals surface area contributed by atoms with Crippen LogP contribution >= 0.6 is 0 Å². The van der Waals surface area contributed by atoms with Gasteiger partial charge in [0, 0.05) is 19.2 Å². The quantitative estimate of drug-likeness (QED) is 0.565. The lowest BCUT2D eigenvalue weighted by atomic mass is 10.4. The molecule has 0 bridgehead atoms. The number of allylic oxidation sites excluding steroid dienone is 1. The zero-order valence-corrected chi connectivity index (χ0v) is 6.83. The summed E-state index contributed by atoms with van der Waals surface area (Å²) in [5, 5.41) is 0. The van der Waals surface area contributed by atoms with Gasteiger partial charge in [0.25, 0.3) is 0 Å². The summed E-state index contributed by atoms with van der Waals surface area (Å²) in [4.78, 5) is 12.8. The number of carbonyl (C=O) groups is 1. The third kappa shape index (κ3) is 2.62. The van der Waals surface area contributed by atoms with E-state index in [0.29, 0.717) is 26.3 Å². The van der Waals surface area contributed by atoms with E-state index < -0.39 is 6.67 Å². The van der Waals surface area contributed by atoms with Crippen LogP contribution in [0.3, 0.4) is 0 Å². The predicted molar refractivity (Wildman–Crippen MR) is 42.5 cm³/mol. The van der Waals surface area contributed by atoms with Crippen molar-refractivity contribution in [3.8, 4) is 0 Å². The van der Waals surface area contributed by atoms with E-state index in [0.717, 1.165) is 0 Å². The Labute approximate surface area is 70.8 Å². The molecule has 0 saturated carbocycles. The second-order valence-corrected chi connectivity index (χ2v) is 2.49. The predicted octanol–water partition coefficient (Wildman–Crippen LogP) is 0.371. The molecule has 1 rings (SSSR count). The second-order valence-electron chi connectivity index (χ2n) is 2.49. The van der Waals surface area contributed by atoms with Crippen molar-refractivity contribution < 1.29 is 13.9 Å². The minimum atomic E-state index is -0.587. The van der Waals surface area contributed by atoms with E-state index in [1.807, 2.05) is 0 Å². The van der Waals surface area contributed by atoms with Crippen LogP contribution in [0.1, 0.15) is 0 Å². The smallest absolute Gasteiger partial charge is 0.246 e. The molecule has 4 heteroatoms. The summed E-state index contributed by atoms with van der Waals surface area (Å²) in [6.07, 6.45) is 2.49. The summed E-state index contributed by atoms with van der Waals surface area (Å²) in [6.45, 7) is 1.78. The van der Waals surface area contributed by atoms with Crippen LogP contribution in [-0.4, -0.2) is 43.8 Å². The molecule has 1 amide bonds. The number of nitrogens with zero attached hydrogens (tertiary/aromatic N) is 1. The van der Waals surface area contributed by atoms with Gasteiger partial charge in [0.05, 0.1) is 13.2 Å². The average molecular weight is 173 g/mol. The molecule has 0 unspecified atom stereocenters. The number of amides is 1. The third-order valence-corrected chi connectivity index (χ3v) is 1.67. The lowest BCUT2D eigenvalue weighted by Crippen LogP contribution is -2.39. The molecule has 0 radical (unpaired) electrons. The fourth-order valence-corrected chi connectivity index (χ4v) is 1.03. The Morgan fingerprint density at radius 1 is 1.50 bits per heavy atom. The molecule has 0 aromatic carbocycles. The number of hydrogen-bond donors (Lipinski definition) is 0. The Balaban J connectivity index is 2.34. The zero-order chi connectivity index (χ0) is 8.81. The molecular weight excluding hydrogens is 161 g/mol. The van der Waals surface area contributed by atoms with Crippen molar-refractivity contribution in [2.75, 3.05) is 33.0 Å². The molecule has 0 atom stereocenters. The van der Waals surface area contributed by atoms with Gasteiger partial charge in [-0.2, -0.15) is 0 Å². The van der Waals surface area contributed by atoms with Crippen LogP contribution < -0.4 is 0 Å². The molecule has 1 fully saturated rings. The summed E-state index contributed by atoms with van der Waals surface area (Å²) in [5.41, 5.74) is 0. The molecule has 0 aliphatic carbocycles. The Kier molecular flexibility index (Phi) is 3.73. The highest BCUT2D eigenvalue weighted by Crippen LogP contribution is 1.97. The highest BCUT2D eigenvalue weighted by molar-refractivity contribution is 5.87. The molecule has 1 aliphatic rings. The average Bonchev–Trinajstić information content (AvgIpc) is 2.15. The zero-order valence-electron chi connectivity index (χ0n) is 6.83. The monoisotopic (exact) mass is 173 g/mol. The lowest BCUT2D eigenvalue weighted by Gasteiger charge is -2.25. The van der Waals surface area contributed by atoms with Crippen LogP contribution in [0.15, 0.2) is 12.2 Å². The summed E-state index contributed by atoms with van der Waals surface area (Å²) in [5.74, 6) is -0.129. The number of hydrogen-bond acceptors (Lipinski definition) is 2. The molecule has 3 nitrogen and oxygen atoms in total. The molecule has 0 spiro atoms. The van der Waals surface area contributed by atoms with Gasteiger partial charge in [-0.3, -0.25) is 4.79 Å². The maximum atomic E-state index is 11.6. The molecule has 0 N–H and O–H groups in total. The Morgan fingerprint density at radius 3 is 2.75 bits per heavy atom. The van der Waals surface area contributed by atoms with Gasteiger partial charge in [0.1, 0.15) is 6.67 Å². The van der Waals surface area contributed by atoms with Gasteiger partial charge in [-0.1, -0.05) is 0 Å². The van der Waals surface area contributed by atoms with Crippen LogP contribution in [0.5, 0.6) is 0 Å². The number of rotatable bonds is 2. The largest absolute Gasteiger partial charge is 0.378 e. The molecule has 0 aromatic rings. The van der Waals surface area contributed by atoms with Crippen molar-refractivity contribution in [2.24, 2.45) is 0 Å². The van der Waals surface area contributed by atoms with Gasteiger partial charge in [-0.05, 0) is 6.08 Å². The van der Waals surface area contributed by atoms with E-state index in [-0.39, 0.29) is 5.91 Å². The van der Waals surface area contributed by atoms with Crippen molar-refractivity contribution in [1.29, 1.82) is 0 Å². The number of alkyl halides is 1. The second kappa shape index (κ2) is 4.87. The van der Waals surface area contributed by atoms with Crippen LogP contribution in [-0.2, 0) is 9.53 Å². The van der Waals surface area contributed by atoms with Crippen LogP contribution in [0.2, 0.25) is 0 Å². The SMILES string of the molecule is O=C(/C=C/CF)N1CCOCC1. The van der Waals surface area contributed by atoms with Crippen LogP contribution in [0.4, 0.5) is 4.39 Å². The molecule has 1 saturated heterocycles. The maximum absolute atomic E-state index is 11.6. The standard InChI is InChI=1S/C8H12FNO2/c9-3-1-2-8(11)10-4-6-12-7-5-10/h1-2H,3-7H2/b2-1+. The van der Waals surface area contributed by atoms with Gasteiger partial charge in [-0.25, -0.2) is 4.39 Å². The van der Waals surface area contributed by atoms with E-state index in [2.05, 4.69) is 0 Å². The van der Waals surface area contributed by atoms with Crippen molar-refractivity contribution in [3.05, 3.63) is 12.2 Å². The van der Waals surface area contributed by atoms with E-state index in [9.17, 15) is 9.18 Å². The van der Waals surface area contributed by atoms with Crippen LogP contribution in [0.25, 0.3) is 0 Å². The van der Waals surface area contributed by atoms with E-state index in [4.69, 9.17) is 4.74 Å². The van der Waals surface area contributed by atoms with Gasteiger partial charge >= 0.3 is 0 Å². The Hall–Kier alpha value is -0.900. The van der Waals surface area contributed by atoms with Crippen molar-refractivity contribution in [1.82, 2.24) is 4.90 Å². The molecule has 0 aromatic heterocycles. The topological polar surface area (TPSA) is 29.5 Å². The minimum Gasteiger partial charge on any atom is -0.378 e. The summed E-state index contributed by atoms with van der Waals surface area (Å²) in [6, 6.07) is 0.